The molecule has 0 spiro atoms. The molecule has 1 saturated heterocycles. The van der Waals surface area contributed by atoms with Crippen molar-refractivity contribution in [1.82, 2.24) is 0 Å². The number of hydrogen-bond acceptors (Lipinski definition) is 2. The molecule has 0 aromatic carbocycles. The molecule has 1 amide bonds. The summed E-state index contributed by atoms with van der Waals surface area (Å²) in [5.74, 6) is -0.211. The SMILES string of the molecule is CC1CO1.CCCC(N)=O. The van der Waals surface area contributed by atoms with E-state index in [9.17, 15) is 4.79 Å². The number of rotatable bonds is 2. The monoisotopic (exact) mass is 145 g/mol. The Morgan fingerprint density at radius 3 is 2.20 bits per heavy atom. The van der Waals surface area contributed by atoms with Crippen LogP contribution in [0.15, 0.2) is 0 Å². The summed E-state index contributed by atoms with van der Waals surface area (Å²) in [4.78, 5) is 9.82. The standard InChI is InChI=1S/C4H9NO.C3H6O/c1-2-3-4(5)6;1-3-2-4-3/h2-3H2,1H3,(H2,5,6);3H,2H2,1H3. The quantitative estimate of drug-likeness (QED) is 0.581. The number of carbonyl (C=O) groups excluding carboxylic acids is 1. The van der Waals surface area contributed by atoms with Crippen LogP contribution in [0.3, 0.4) is 0 Å². The third-order valence-electron chi connectivity index (χ3n) is 0.996. The predicted molar refractivity (Wildman–Crippen MR) is 39.5 cm³/mol. The van der Waals surface area contributed by atoms with Gasteiger partial charge in [-0.15, -0.1) is 0 Å². The van der Waals surface area contributed by atoms with Crippen molar-refractivity contribution in [2.75, 3.05) is 6.61 Å². The molecule has 1 aliphatic heterocycles. The summed E-state index contributed by atoms with van der Waals surface area (Å²) in [6.07, 6.45) is 1.95. The van der Waals surface area contributed by atoms with E-state index < -0.39 is 0 Å². The second-order valence-corrected chi connectivity index (χ2v) is 2.36. The van der Waals surface area contributed by atoms with Crippen LogP contribution in [0.4, 0.5) is 0 Å². The van der Waals surface area contributed by atoms with Gasteiger partial charge in [-0.25, -0.2) is 0 Å². The van der Waals surface area contributed by atoms with Gasteiger partial charge < -0.3 is 10.5 Å². The van der Waals surface area contributed by atoms with Crippen LogP contribution in [0.1, 0.15) is 26.7 Å². The zero-order valence-electron chi connectivity index (χ0n) is 6.59. The molecule has 0 aromatic heterocycles. The van der Waals surface area contributed by atoms with Gasteiger partial charge >= 0.3 is 0 Å². The summed E-state index contributed by atoms with van der Waals surface area (Å²) in [5, 5.41) is 0. The number of nitrogens with two attached hydrogens (primary N) is 1. The van der Waals surface area contributed by atoms with E-state index in [1.165, 1.54) is 0 Å². The Morgan fingerprint density at radius 1 is 1.80 bits per heavy atom. The minimum absolute atomic E-state index is 0.211. The maximum atomic E-state index is 9.82. The summed E-state index contributed by atoms with van der Waals surface area (Å²) in [6.45, 7) is 4.96. The molecule has 1 atom stereocenters. The molecule has 1 rings (SSSR count). The molecule has 0 aromatic rings. The van der Waals surface area contributed by atoms with Crippen LogP contribution in [-0.2, 0) is 9.53 Å². The van der Waals surface area contributed by atoms with Crippen molar-refractivity contribution in [3.8, 4) is 0 Å². The normalized spacial score (nSPS) is 20.8. The van der Waals surface area contributed by atoms with Gasteiger partial charge in [-0.3, -0.25) is 4.79 Å². The zero-order valence-corrected chi connectivity index (χ0v) is 6.59. The average Bonchev–Trinajstić information content (AvgIpc) is 2.52. The molecule has 3 heteroatoms. The van der Waals surface area contributed by atoms with Gasteiger partial charge in [0.15, 0.2) is 0 Å². The van der Waals surface area contributed by atoms with Crippen molar-refractivity contribution in [3.05, 3.63) is 0 Å². The highest BCUT2D eigenvalue weighted by Crippen LogP contribution is 2.04. The highest BCUT2D eigenvalue weighted by Gasteiger charge is 2.13. The Hall–Kier alpha value is -0.570. The summed E-state index contributed by atoms with van der Waals surface area (Å²) in [7, 11) is 0. The number of hydrogen-bond donors (Lipinski definition) is 1. The first-order valence-corrected chi connectivity index (χ1v) is 3.56. The molecule has 2 N–H and O–H groups in total. The number of primary amides is 1. The van der Waals surface area contributed by atoms with Gasteiger partial charge in [0.25, 0.3) is 0 Å². The van der Waals surface area contributed by atoms with Crippen molar-refractivity contribution in [1.29, 1.82) is 0 Å². The molecule has 3 nitrogen and oxygen atoms in total. The van der Waals surface area contributed by atoms with Crippen molar-refractivity contribution < 1.29 is 9.53 Å². The fraction of sp³-hybridized carbons (Fsp3) is 0.857. The van der Waals surface area contributed by atoms with E-state index in [1.807, 2.05) is 6.92 Å². The molecule has 1 heterocycles. The van der Waals surface area contributed by atoms with Crippen LogP contribution >= 0.6 is 0 Å². The molecule has 0 bridgehead atoms. The van der Waals surface area contributed by atoms with Crippen molar-refractivity contribution in [2.45, 2.75) is 32.8 Å². The Kier molecular flexibility index (Phi) is 4.94. The molecule has 0 radical (unpaired) electrons. The lowest BCUT2D eigenvalue weighted by Gasteiger charge is -1.81. The average molecular weight is 145 g/mol. The zero-order chi connectivity index (χ0) is 7.98. The first-order valence-electron chi connectivity index (χ1n) is 3.56. The number of carbonyl (C=O) groups is 1. The van der Waals surface area contributed by atoms with Gasteiger partial charge in [-0.1, -0.05) is 6.92 Å². The minimum atomic E-state index is -0.211. The Labute approximate surface area is 61.5 Å². The lowest BCUT2D eigenvalue weighted by molar-refractivity contribution is -0.118. The second kappa shape index (κ2) is 5.23. The van der Waals surface area contributed by atoms with Gasteiger partial charge in [0, 0.05) is 6.42 Å². The van der Waals surface area contributed by atoms with E-state index in [2.05, 4.69) is 6.92 Å². The first-order chi connectivity index (χ1) is 4.66. The Bertz CT molecular complexity index is 99.8. The lowest BCUT2D eigenvalue weighted by Crippen LogP contribution is -2.08. The molecule has 0 aliphatic carbocycles. The fourth-order valence-electron chi connectivity index (χ4n) is 0.343. The van der Waals surface area contributed by atoms with E-state index >= 15 is 0 Å². The largest absolute Gasteiger partial charge is 0.373 e. The summed E-state index contributed by atoms with van der Waals surface area (Å²) < 4.78 is 4.71. The third-order valence-corrected chi connectivity index (χ3v) is 0.996. The maximum Gasteiger partial charge on any atom is 0.217 e. The van der Waals surface area contributed by atoms with Crippen LogP contribution in [0.25, 0.3) is 0 Å². The van der Waals surface area contributed by atoms with Crippen LogP contribution in [0.5, 0.6) is 0 Å². The van der Waals surface area contributed by atoms with Crippen LogP contribution < -0.4 is 5.73 Å². The van der Waals surface area contributed by atoms with Crippen LogP contribution in [-0.4, -0.2) is 18.6 Å². The second-order valence-electron chi connectivity index (χ2n) is 2.36. The third kappa shape index (κ3) is 10.4. The van der Waals surface area contributed by atoms with E-state index in [0.717, 1.165) is 13.0 Å². The molecule has 1 unspecified atom stereocenters. The molecule has 1 fully saturated rings. The lowest BCUT2D eigenvalue weighted by atomic mass is 10.3. The molecular formula is C7H15NO2. The Morgan fingerprint density at radius 2 is 2.20 bits per heavy atom. The van der Waals surface area contributed by atoms with Crippen molar-refractivity contribution >= 4 is 5.91 Å². The molecular weight excluding hydrogens is 130 g/mol. The van der Waals surface area contributed by atoms with E-state index in [4.69, 9.17) is 10.5 Å². The van der Waals surface area contributed by atoms with Gasteiger partial charge in [0.05, 0.1) is 12.7 Å². The first kappa shape index (κ1) is 9.43. The Balaban J connectivity index is 0.000000172. The molecule has 10 heavy (non-hydrogen) atoms. The summed E-state index contributed by atoms with van der Waals surface area (Å²) in [6, 6.07) is 0. The molecule has 0 saturated carbocycles. The number of epoxide rings is 1. The minimum Gasteiger partial charge on any atom is -0.373 e. The number of ether oxygens (including phenoxy) is 1. The van der Waals surface area contributed by atoms with E-state index in [-0.39, 0.29) is 5.91 Å². The number of amides is 1. The van der Waals surface area contributed by atoms with E-state index in [0.29, 0.717) is 12.5 Å². The van der Waals surface area contributed by atoms with Gasteiger partial charge in [0.2, 0.25) is 5.91 Å². The van der Waals surface area contributed by atoms with Crippen LogP contribution in [0.2, 0.25) is 0 Å². The van der Waals surface area contributed by atoms with Crippen LogP contribution in [0, 0.1) is 0 Å². The van der Waals surface area contributed by atoms with E-state index in [1.54, 1.807) is 0 Å². The van der Waals surface area contributed by atoms with Gasteiger partial charge in [-0.2, -0.15) is 0 Å². The fourth-order valence-corrected chi connectivity index (χ4v) is 0.343. The highest BCUT2D eigenvalue weighted by atomic mass is 16.6. The van der Waals surface area contributed by atoms with Gasteiger partial charge in [-0.05, 0) is 13.3 Å². The van der Waals surface area contributed by atoms with Crippen molar-refractivity contribution in [2.24, 2.45) is 5.73 Å². The highest BCUT2D eigenvalue weighted by molar-refractivity contribution is 5.73. The maximum absolute atomic E-state index is 9.82. The predicted octanol–water partition coefficient (Wildman–Crippen LogP) is 0.677. The molecule has 1 aliphatic rings. The summed E-state index contributed by atoms with van der Waals surface area (Å²) in [5.41, 5.74) is 4.76. The molecule has 60 valence electrons. The van der Waals surface area contributed by atoms with Gasteiger partial charge in [0.1, 0.15) is 0 Å². The smallest absolute Gasteiger partial charge is 0.217 e. The van der Waals surface area contributed by atoms with Crippen molar-refractivity contribution in [3.63, 3.8) is 0 Å². The topological polar surface area (TPSA) is 55.6 Å². The summed E-state index contributed by atoms with van der Waals surface area (Å²) >= 11 is 0.